The molecule has 1 aromatic rings. The lowest BCUT2D eigenvalue weighted by molar-refractivity contribution is -0.144. The Morgan fingerprint density at radius 2 is 2.25 bits per heavy atom. The van der Waals surface area contributed by atoms with Crippen molar-refractivity contribution in [3.8, 4) is 0 Å². The number of carbonyl (C=O) groups excluding carboxylic acids is 1. The highest BCUT2D eigenvalue weighted by atomic mass is 35.5. The molecule has 1 rings (SSSR count). The topological polar surface area (TPSA) is 78.3 Å². The minimum Gasteiger partial charge on any atom is -0.465 e. The maximum Gasteiger partial charge on any atom is 0.323 e. The first-order valence-electron chi connectivity index (χ1n) is 5.00. The average molecular weight is 243 g/mol. The molecule has 0 spiro atoms. The third kappa shape index (κ3) is 3.40. The van der Waals surface area contributed by atoms with Crippen molar-refractivity contribution >= 4 is 23.3 Å². The second kappa shape index (κ2) is 5.72. The molecule has 16 heavy (non-hydrogen) atoms. The SMILES string of the molecule is CCOC(=O)[C@H](N)Cc1ccc(N)c(Cl)c1. The molecule has 0 heterocycles. The van der Waals surface area contributed by atoms with Crippen LogP contribution in [0.3, 0.4) is 0 Å². The highest BCUT2D eigenvalue weighted by molar-refractivity contribution is 6.33. The molecule has 4 N–H and O–H groups in total. The van der Waals surface area contributed by atoms with E-state index in [1.54, 1.807) is 25.1 Å². The van der Waals surface area contributed by atoms with Gasteiger partial charge in [0.1, 0.15) is 6.04 Å². The summed E-state index contributed by atoms with van der Waals surface area (Å²) in [7, 11) is 0. The Morgan fingerprint density at radius 1 is 1.56 bits per heavy atom. The van der Waals surface area contributed by atoms with Gasteiger partial charge in [-0.05, 0) is 31.0 Å². The van der Waals surface area contributed by atoms with Crippen molar-refractivity contribution in [2.45, 2.75) is 19.4 Å². The van der Waals surface area contributed by atoms with Gasteiger partial charge < -0.3 is 16.2 Å². The van der Waals surface area contributed by atoms with Gasteiger partial charge in [0, 0.05) is 0 Å². The molecule has 0 aliphatic heterocycles. The van der Waals surface area contributed by atoms with Gasteiger partial charge in [0.15, 0.2) is 0 Å². The zero-order valence-electron chi connectivity index (χ0n) is 9.07. The number of hydrogen-bond acceptors (Lipinski definition) is 4. The zero-order chi connectivity index (χ0) is 12.1. The molecule has 0 aliphatic rings. The van der Waals surface area contributed by atoms with E-state index in [1.807, 2.05) is 0 Å². The first kappa shape index (κ1) is 12.8. The maximum absolute atomic E-state index is 11.3. The second-order valence-electron chi connectivity index (χ2n) is 3.42. The standard InChI is InChI=1S/C11H15ClN2O2/c1-2-16-11(15)10(14)6-7-3-4-9(13)8(12)5-7/h3-5,10H,2,6,13-14H2,1H3/t10-/m1/s1. The Balaban J connectivity index is 2.66. The average Bonchev–Trinajstić information content (AvgIpc) is 2.24. The van der Waals surface area contributed by atoms with Gasteiger partial charge >= 0.3 is 5.97 Å². The molecule has 4 nitrogen and oxygen atoms in total. The summed E-state index contributed by atoms with van der Waals surface area (Å²) in [6.45, 7) is 2.07. The van der Waals surface area contributed by atoms with Gasteiger partial charge in [-0.1, -0.05) is 17.7 Å². The number of carbonyl (C=O) groups is 1. The summed E-state index contributed by atoms with van der Waals surface area (Å²) in [5.41, 5.74) is 12.6. The van der Waals surface area contributed by atoms with Crippen LogP contribution in [0.2, 0.25) is 5.02 Å². The molecule has 1 aromatic carbocycles. The molecule has 5 heteroatoms. The van der Waals surface area contributed by atoms with E-state index in [0.717, 1.165) is 5.56 Å². The number of ether oxygens (including phenoxy) is 1. The third-order valence-electron chi connectivity index (χ3n) is 2.11. The first-order chi connectivity index (χ1) is 7.54. The number of halogens is 1. The molecular formula is C11H15ClN2O2. The molecule has 0 saturated heterocycles. The normalized spacial score (nSPS) is 12.2. The largest absolute Gasteiger partial charge is 0.465 e. The third-order valence-corrected chi connectivity index (χ3v) is 2.44. The molecule has 0 saturated carbocycles. The second-order valence-corrected chi connectivity index (χ2v) is 3.83. The fourth-order valence-electron chi connectivity index (χ4n) is 1.28. The number of anilines is 1. The van der Waals surface area contributed by atoms with Crippen molar-refractivity contribution in [2.75, 3.05) is 12.3 Å². The molecule has 0 amide bonds. The summed E-state index contributed by atoms with van der Waals surface area (Å²) in [5, 5.41) is 0.466. The lowest BCUT2D eigenvalue weighted by Crippen LogP contribution is -2.34. The predicted molar refractivity (Wildman–Crippen MR) is 64.2 cm³/mol. The van der Waals surface area contributed by atoms with E-state index in [-0.39, 0.29) is 0 Å². The van der Waals surface area contributed by atoms with Gasteiger partial charge in [0.05, 0.1) is 17.3 Å². The Morgan fingerprint density at radius 3 is 2.81 bits per heavy atom. The molecule has 0 fully saturated rings. The molecule has 0 unspecified atom stereocenters. The fourth-order valence-corrected chi connectivity index (χ4v) is 1.49. The van der Waals surface area contributed by atoms with Crippen LogP contribution in [-0.4, -0.2) is 18.6 Å². The lowest BCUT2D eigenvalue weighted by Gasteiger charge is -2.11. The van der Waals surface area contributed by atoms with Gasteiger partial charge in [-0.2, -0.15) is 0 Å². The fraction of sp³-hybridized carbons (Fsp3) is 0.364. The Hall–Kier alpha value is -1.26. The van der Waals surface area contributed by atoms with Crippen LogP contribution in [0.5, 0.6) is 0 Å². The van der Waals surface area contributed by atoms with Crippen molar-refractivity contribution in [3.05, 3.63) is 28.8 Å². The molecule has 0 aromatic heterocycles. The van der Waals surface area contributed by atoms with Crippen molar-refractivity contribution in [1.82, 2.24) is 0 Å². The van der Waals surface area contributed by atoms with Crippen molar-refractivity contribution in [1.29, 1.82) is 0 Å². The van der Waals surface area contributed by atoms with E-state index >= 15 is 0 Å². The molecule has 0 bridgehead atoms. The van der Waals surface area contributed by atoms with Crippen LogP contribution >= 0.6 is 11.6 Å². The van der Waals surface area contributed by atoms with E-state index < -0.39 is 12.0 Å². The van der Waals surface area contributed by atoms with Crippen LogP contribution in [0.25, 0.3) is 0 Å². The monoisotopic (exact) mass is 242 g/mol. The highest BCUT2D eigenvalue weighted by Gasteiger charge is 2.15. The predicted octanol–water partition coefficient (Wildman–Crippen LogP) is 1.36. The van der Waals surface area contributed by atoms with Crippen molar-refractivity contribution < 1.29 is 9.53 Å². The minimum atomic E-state index is -0.667. The number of hydrogen-bond donors (Lipinski definition) is 2. The maximum atomic E-state index is 11.3. The zero-order valence-corrected chi connectivity index (χ0v) is 9.83. The van der Waals surface area contributed by atoms with Gasteiger partial charge in [-0.3, -0.25) is 4.79 Å². The van der Waals surface area contributed by atoms with E-state index in [1.165, 1.54) is 0 Å². The minimum absolute atomic E-state index is 0.328. The number of rotatable bonds is 4. The summed E-state index contributed by atoms with van der Waals surface area (Å²) in [5.74, 6) is -0.407. The first-order valence-corrected chi connectivity index (χ1v) is 5.38. The Kier molecular flexibility index (Phi) is 4.58. The number of esters is 1. The molecule has 0 radical (unpaired) electrons. The van der Waals surface area contributed by atoms with Gasteiger partial charge in [-0.15, -0.1) is 0 Å². The highest BCUT2D eigenvalue weighted by Crippen LogP contribution is 2.20. The van der Waals surface area contributed by atoms with E-state index in [4.69, 9.17) is 27.8 Å². The van der Waals surface area contributed by atoms with E-state index in [0.29, 0.717) is 23.7 Å². The summed E-state index contributed by atoms with van der Waals surface area (Å²) >= 11 is 5.86. The van der Waals surface area contributed by atoms with E-state index in [2.05, 4.69) is 0 Å². The number of nitrogen functional groups attached to an aromatic ring is 1. The van der Waals surface area contributed by atoms with Crippen LogP contribution in [0.15, 0.2) is 18.2 Å². The molecule has 1 atom stereocenters. The van der Waals surface area contributed by atoms with Gasteiger partial charge in [0.25, 0.3) is 0 Å². The molecule has 88 valence electrons. The number of nitrogens with two attached hydrogens (primary N) is 2. The van der Waals surface area contributed by atoms with Crippen LogP contribution in [0, 0.1) is 0 Å². The Bertz CT molecular complexity index is 382. The smallest absolute Gasteiger partial charge is 0.323 e. The summed E-state index contributed by atoms with van der Waals surface area (Å²) < 4.78 is 4.81. The molecular weight excluding hydrogens is 228 g/mol. The van der Waals surface area contributed by atoms with E-state index in [9.17, 15) is 4.79 Å². The quantitative estimate of drug-likeness (QED) is 0.617. The van der Waals surface area contributed by atoms with Crippen molar-refractivity contribution in [3.63, 3.8) is 0 Å². The van der Waals surface area contributed by atoms with Gasteiger partial charge in [0.2, 0.25) is 0 Å². The van der Waals surface area contributed by atoms with Crippen LogP contribution < -0.4 is 11.5 Å². The number of benzene rings is 1. The summed E-state index contributed by atoms with van der Waals surface area (Å²) in [6.07, 6.45) is 0.388. The van der Waals surface area contributed by atoms with Crippen molar-refractivity contribution in [2.24, 2.45) is 5.73 Å². The van der Waals surface area contributed by atoms with Crippen LogP contribution in [0.4, 0.5) is 5.69 Å². The summed E-state index contributed by atoms with van der Waals surface area (Å²) in [4.78, 5) is 11.3. The van der Waals surface area contributed by atoms with Crippen LogP contribution in [0.1, 0.15) is 12.5 Å². The summed E-state index contributed by atoms with van der Waals surface area (Å²) in [6, 6.07) is 4.52. The lowest BCUT2D eigenvalue weighted by atomic mass is 10.1. The Labute approximate surface area is 99.5 Å². The van der Waals surface area contributed by atoms with Crippen LogP contribution in [-0.2, 0) is 16.0 Å². The van der Waals surface area contributed by atoms with Gasteiger partial charge in [-0.25, -0.2) is 0 Å². The molecule has 0 aliphatic carbocycles.